The van der Waals surface area contributed by atoms with Crippen LogP contribution in [0.3, 0.4) is 0 Å². The van der Waals surface area contributed by atoms with Crippen LogP contribution in [-0.4, -0.2) is 24.1 Å². The van der Waals surface area contributed by atoms with Gasteiger partial charge in [0.25, 0.3) is 5.91 Å². The molecule has 0 saturated carbocycles. The predicted octanol–water partition coefficient (Wildman–Crippen LogP) is 1.39. The molecule has 82 valence electrons. The van der Waals surface area contributed by atoms with Gasteiger partial charge >= 0.3 is 0 Å². The number of nitrogens with one attached hydrogen (secondary N) is 1. The third-order valence-electron chi connectivity index (χ3n) is 2.96. The molecule has 4 heteroatoms. The van der Waals surface area contributed by atoms with Crippen LogP contribution in [-0.2, 0) is 6.54 Å². The van der Waals surface area contributed by atoms with E-state index in [1.54, 1.807) is 7.11 Å². The number of hydrogen-bond acceptors (Lipinski definition) is 2. The van der Waals surface area contributed by atoms with Gasteiger partial charge in [-0.3, -0.25) is 4.79 Å². The molecule has 0 bridgehead atoms. The second-order valence-electron chi connectivity index (χ2n) is 3.86. The first kappa shape index (κ1) is 9.27. The average molecular weight is 216 g/mol. The molecule has 0 unspecified atom stereocenters. The third kappa shape index (κ3) is 1.19. The van der Waals surface area contributed by atoms with Crippen LogP contribution in [0.25, 0.3) is 10.9 Å². The van der Waals surface area contributed by atoms with Crippen molar-refractivity contribution in [1.29, 1.82) is 0 Å². The molecule has 2 aromatic rings. The van der Waals surface area contributed by atoms with Gasteiger partial charge in [0, 0.05) is 24.0 Å². The highest BCUT2D eigenvalue weighted by atomic mass is 16.5. The molecule has 0 atom stereocenters. The molecule has 2 heterocycles. The van der Waals surface area contributed by atoms with E-state index in [0.29, 0.717) is 6.54 Å². The molecular weight excluding hydrogens is 204 g/mol. The summed E-state index contributed by atoms with van der Waals surface area (Å²) in [5, 5.41) is 3.88. The Morgan fingerprint density at radius 2 is 2.25 bits per heavy atom. The molecular formula is C12H12N2O2. The number of amides is 1. The monoisotopic (exact) mass is 216 g/mol. The van der Waals surface area contributed by atoms with Crippen molar-refractivity contribution in [3.8, 4) is 5.75 Å². The summed E-state index contributed by atoms with van der Waals surface area (Å²) < 4.78 is 7.22. The van der Waals surface area contributed by atoms with Crippen molar-refractivity contribution < 1.29 is 9.53 Å². The van der Waals surface area contributed by atoms with Crippen molar-refractivity contribution in [2.45, 2.75) is 6.54 Å². The summed E-state index contributed by atoms with van der Waals surface area (Å²) in [7, 11) is 1.64. The Balaban J connectivity index is 2.27. The van der Waals surface area contributed by atoms with Crippen molar-refractivity contribution in [3.63, 3.8) is 0 Å². The summed E-state index contributed by atoms with van der Waals surface area (Å²) >= 11 is 0. The summed E-state index contributed by atoms with van der Waals surface area (Å²) in [5.74, 6) is 0.817. The van der Waals surface area contributed by atoms with Crippen LogP contribution < -0.4 is 10.1 Å². The number of fused-ring (bicyclic) bond motifs is 3. The lowest BCUT2D eigenvalue weighted by Crippen LogP contribution is -2.34. The molecule has 0 radical (unpaired) electrons. The van der Waals surface area contributed by atoms with Crippen molar-refractivity contribution in [1.82, 2.24) is 9.88 Å². The van der Waals surface area contributed by atoms with Crippen LogP contribution in [0.1, 0.15) is 10.5 Å². The van der Waals surface area contributed by atoms with E-state index in [2.05, 4.69) is 5.32 Å². The third-order valence-corrected chi connectivity index (χ3v) is 2.96. The largest absolute Gasteiger partial charge is 0.497 e. The van der Waals surface area contributed by atoms with Gasteiger partial charge in [-0.25, -0.2) is 0 Å². The molecule has 0 saturated heterocycles. The lowest BCUT2D eigenvalue weighted by molar-refractivity contribution is 0.0929. The Morgan fingerprint density at radius 1 is 1.38 bits per heavy atom. The number of ether oxygens (including phenoxy) is 1. The maximum Gasteiger partial charge on any atom is 0.268 e. The normalized spacial score (nSPS) is 14.7. The molecule has 1 aromatic carbocycles. The van der Waals surface area contributed by atoms with Crippen molar-refractivity contribution in [2.75, 3.05) is 13.7 Å². The molecule has 3 rings (SSSR count). The Labute approximate surface area is 92.8 Å². The predicted molar refractivity (Wildman–Crippen MR) is 60.8 cm³/mol. The number of rotatable bonds is 1. The standard InChI is InChI=1S/C12H12N2O2/c1-16-9-2-3-10-8(6-9)7-11-12(15)13-4-5-14(10)11/h2-3,6-7H,4-5H2,1H3,(H,13,15). The molecule has 1 aliphatic heterocycles. The number of carbonyl (C=O) groups is 1. The van der Waals surface area contributed by atoms with Gasteiger partial charge in [0.15, 0.2) is 0 Å². The molecule has 0 aliphatic carbocycles. The summed E-state index contributed by atoms with van der Waals surface area (Å²) in [6.45, 7) is 1.53. The highest BCUT2D eigenvalue weighted by Crippen LogP contribution is 2.25. The summed E-state index contributed by atoms with van der Waals surface area (Å²) in [4.78, 5) is 11.6. The van der Waals surface area contributed by atoms with Gasteiger partial charge in [-0.2, -0.15) is 0 Å². The first-order chi connectivity index (χ1) is 7.79. The van der Waals surface area contributed by atoms with Gasteiger partial charge in [-0.05, 0) is 24.3 Å². The van der Waals surface area contributed by atoms with Crippen molar-refractivity contribution >= 4 is 16.8 Å². The fourth-order valence-electron chi connectivity index (χ4n) is 2.18. The minimum Gasteiger partial charge on any atom is -0.497 e. The van der Waals surface area contributed by atoms with Gasteiger partial charge in [0.1, 0.15) is 11.4 Å². The van der Waals surface area contributed by atoms with E-state index in [-0.39, 0.29) is 5.91 Å². The summed E-state index contributed by atoms with van der Waals surface area (Å²) in [6.07, 6.45) is 0. The van der Waals surface area contributed by atoms with Crippen molar-refractivity contribution in [2.24, 2.45) is 0 Å². The first-order valence-corrected chi connectivity index (χ1v) is 5.25. The van der Waals surface area contributed by atoms with Crippen molar-refractivity contribution in [3.05, 3.63) is 30.0 Å². The van der Waals surface area contributed by atoms with Gasteiger partial charge < -0.3 is 14.6 Å². The number of nitrogens with zero attached hydrogens (tertiary/aromatic N) is 1. The van der Waals surface area contributed by atoms with Crippen LogP contribution >= 0.6 is 0 Å². The number of aromatic nitrogens is 1. The molecule has 0 fully saturated rings. The van der Waals surface area contributed by atoms with Gasteiger partial charge in [-0.15, -0.1) is 0 Å². The molecule has 1 amide bonds. The van der Waals surface area contributed by atoms with Crippen LogP contribution in [0.2, 0.25) is 0 Å². The fraction of sp³-hybridized carbons (Fsp3) is 0.250. The summed E-state index contributed by atoms with van der Waals surface area (Å²) in [5.41, 5.74) is 1.82. The molecule has 4 nitrogen and oxygen atoms in total. The zero-order chi connectivity index (χ0) is 11.1. The molecule has 1 aliphatic rings. The van der Waals surface area contributed by atoms with Gasteiger partial charge in [-0.1, -0.05) is 0 Å². The minimum absolute atomic E-state index is 0.00131. The number of methoxy groups -OCH3 is 1. The van der Waals surface area contributed by atoms with E-state index >= 15 is 0 Å². The molecule has 16 heavy (non-hydrogen) atoms. The van der Waals surface area contributed by atoms with Crippen LogP contribution in [0, 0.1) is 0 Å². The zero-order valence-corrected chi connectivity index (χ0v) is 8.99. The summed E-state index contributed by atoms with van der Waals surface area (Å²) in [6, 6.07) is 7.78. The van der Waals surface area contributed by atoms with Crippen LogP contribution in [0.5, 0.6) is 5.75 Å². The molecule has 1 aromatic heterocycles. The Hall–Kier alpha value is -1.97. The smallest absolute Gasteiger partial charge is 0.268 e. The highest BCUT2D eigenvalue weighted by Gasteiger charge is 2.19. The fourth-order valence-corrected chi connectivity index (χ4v) is 2.18. The van der Waals surface area contributed by atoms with Gasteiger partial charge in [0.05, 0.1) is 7.11 Å². The quantitative estimate of drug-likeness (QED) is 0.782. The van der Waals surface area contributed by atoms with E-state index in [1.165, 1.54) is 0 Å². The number of benzene rings is 1. The Morgan fingerprint density at radius 3 is 3.06 bits per heavy atom. The Kier molecular flexibility index (Phi) is 1.89. The second-order valence-corrected chi connectivity index (χ2v) is 3.86. The zero-order valence-electron chi connectivity index (χ0n) is 8.99. The molecule has 0 spiro atoms. The maximum atomic E-state index is 11.6. The average Bonchev–Trinajstić information content (AvgIpc) is 2.68. The number of carbonyl (C=O) groups excluding carboxylic acids is 1. The van der Waals surface area contributed by atoms with E-state index in [9.17, 15) is 4.79 Å². The second kappa shape index (κ2) is 3.27. The first-order valence-electron chi connectivity index (χ1n) is 5.25. The van der Waals surface area contributed by atoms with E-state index in [4.69, 9.17) is 4.74 Å². The topological polar surface area (TPSA) is 43.3 Å². The lowest BCUT2D eigenvalue weighted by Gasteiger charge is -2.16. The van der Waals surface area contributed by atoms with E-state index in [1.807, 2.05) is 28.8 Å². The van der Waals surface area contributed by atoms with E-state index in [0.717, 1.165) is 28.9 Å². The lowest BCUT2D eigenvalue weighted by atomic mass is 10.2. The minimum atomic E-state index is 0.00131. The van der Waals surface area contributed by atoms with Crippen LogP contribution in [0.15, 0.2) is 24.3 Å². The number of hydrogen-bond donors (Lipinski definition) is 1. The van der Waals surface area contributed by atoms with Crippen LogP contribution in [0.4, 0.5) is 0 Å². The highest BCUT2D eigenvalue weighted by molar-refractivity contribution is 5.99. The van der Waals surface area contributed by atoms with Gasteiger partial charge in [0.2, 0.25) is 0 Å². The van der Waals surface area contributed by atoms with E-state index < -0.39 is 0 Å². The maximum absolute atomic E-state index is 11.6. The SMILES string of the molecule is COc1ccc2c(c1)cc1n2CCNC1=O. The Bertz CT molecular complexity index is 572. The molecule has 1 N–H and O–H groups in total.